The van der Waals surface area contributed by atoms with Crippen molar-refractivity contribution in [2.75, 3.05) is 72.0 Å². The second-order valence-electron chi connectivity index (χ2n) is 8.59. The number of nitrogens with zero attached hydrogens (tertiary/aromatic N) is 6. The fourth-order valence-corrected chi connectivity index (χ4v) is 4.40. The second-order valence-corrected chi connectivity index (χ2v) is 8.59. The monoisotopic (exact) mass is 439 g/mol. The van der Waals surface area contributed by atoms with Crippen molar-refractivity contribution in [1.29, 1.82) is 0 Å². The van der Waals surface area contributed by atoms with Crippen molar-refractivity contribution in [1.82, 2.24) is 30.1 Å². The van der Waals surface area contributed by atoms with Gasteiger partial charge in [-0.25, -0.2) is 0 Å². The predicted octanol–water partition coefficient (Wildman–Crippen LogP) is 1.58. The zero-order valence-corrected chi connectivity index (χ0v) is 19.3. The summed E-state index contributed by atoms with van der Waals surface area (Å²) in [5.41, 5.74) is 2.41. The number of nitrogens with one attached hydrogen (secondary N) is 1. The van der Waals surface area contributed by atoms with Gasteiger partial charge in [0.1, 0.15) is 6.26 Å². The zero-order chi connectivity index (χ0) is 22.0. The zero-order valence-electron chi connectivity index (χ0n) is 19.3. The molecule has 2 fully saturated rings. The average molecular weight is 440 g/mol. The smallest absolute Gasteiger partial charge is 0.194 e. The molecule has 8 heteroatoms. The molecule has 0 atom stereocenters. The normalized spacial score (nSPS) is 19.4. The van der Waals surface area contributed by atoms with Crippen LogP contribution in [-0.4, -0.2) is 103 Å². The highest BCUT2D eigenvalue weighted by Gasteiger charge is 2.21. The highest BCUT2D eigenvalue weighted by atomic mass is 16.5. The van der Waals surface area contributed by atoms with Gasteiger partial charge in [0.15, 0.2) is 5.96 Å². The summed E-state index contributed by atoms with van der Waals surface area (Å²) in [6, 6.07) is 12.7. The van der Waals surface area contributed by atoms with E-state index >= 15 is 0 Å². The van der Waals surface area contributed by atoms with Gasteiger partial charge in [0, 0.05) is 84.6 Å². The van der Waals surface area contributed by atoms with E-state index in [1.807, 2.05) is 6.07 Å². The van der Waals surface area contributed by atoms with Crippen LogP contribution in [0, 0.1) is 0 Å². The first-order chi connectivity index (χ1) is 15.8. The maximum Gasteiger partial charge on any atom is 0.194 e. The topological polar surface area (TPSA) is 63.4 Å². The third-order valence-corrected chi connectivity index (χ3v) is 6.28. The van der Waals surface area contributed by atoms with E-state index < -0.39 is 0 Å². The highest BCUT2D eigenvalue weighted by molar-refractivity contribution is 5.80. The molecular formula is C24H37N7O. The van der Waals surface area contributed by atoms with Crippen molar-refractivity contribution < 1.29 is 4.52 Å². The summed E-state index contributed by atoms with van der Waals surface area (Å²) in [6.07, 6.45) is 1.64. The molecule has 0 radical (unpaired) electrons. The first-order valence-electron chi connectivity index (χ1n) is 11.9. The fraction of sp³-hybridized carbons (Fsp3) is 0.583. The van der Waals surface area contributed by atoms with E-state index in [4.69, 9.17) is 9.52 Å². The standard InChI is InChI=1S/C24H37N7O/c1-2-25-24(31-17-15-30(16-18-31)21-23-8-19-32-27-23)26-9-10-28-11-13-29(14-12-28)20-22-6-4-3-5-7-22/h3-8,19H,2,9-18,20-21H2,1H3,(H,25,26). The van der Waals surface area contributed by atoms with Crippen LogP contribution in [0.15, 0.2) is 52.2 Å². The summed E-state index contributed by atoms with van der Waals surface area (Å²) in [5, 5.41) is 7.52. The van der Waals surface area contributed by atoms with Crippen LogP contribution in [0.25, 0.3) is 0 Å². The second kappa shape index (κ2) is 12.0. The van der Waals surface area contributed by atoms with E-state index in [0.717, 1.165) is 96.7 Å². The number of aromatic nitrogens is 1. The maximum atomic E-state index is 4.95. The van der Waals surface area contributed by atoms with E-state index in [1.165, 1.54) is 5.56 Å². The van der Waals surface area contributed by atoms with Gasteiger partial charge >= 0.3 is 0 Å². The molecule has 0 spiro atoms. The number of hydrogen-bond donors (Lipinski definition) is 1. The van der Waals surface area contributed by atoms with E-state index in [0.29, 0.717) is 0 Å². The van der Waals surface area contributed by atoms with Gasteiger partial charge < -0.3 is 14.7 Å². The molecule has 4 rings (SSSR count). The lowest BCUT2D eigenvalue weighted by Gasteiger charge is -2.36. The third kappa shape index (κ3) is 6.79. The molecule has 174 valence electrons. The van der Waals surface area contributed by atoms with Gasteiger partial charge in [0.25, 0.3) is 0 Å². The first kappa shape index (κ1) is 22.8. The molecule has 1 aromatic carbocycles. The van der Waals surface area contributed by atoms with Crippen molar-refractivity contribution in [3.63, 3.8) is 0 Å². The van der Waals surface area contributed by atoms with Crippen LogP contribution in [0.2, 0.25) is 0 Å². The molecule has 3 heterocycles. The van der Waals surface area contributed by atoms with Crippen molar-refractivity contribution in [2.45, 2.75) is 20.0 Å². The van der Waals surface area contributed by atoms with Gasteiger partial charge in [-0.1, -0.05) is 35.5 Å². The van der Waals surface area contributed by atoms with E-state index in [1.54, 1.807) is 6.26 Å². The molecule has 2 aromatic rings. The van der Waals surface area contributed by atoms with Crippen molar-refractivity contribution in [2.24, 2.45) is 4.99 Å². The first-order valence-corrected chi connectivity index (χ1v) is 11.9. The van der Waals surface area contributed by atoms with Crippen LogP contribution in [0.1, 0.15) is 18.2 Å². The summed E-state index contributed by atoms with van der Waals surface area (Å²) in [6.45, 7) is 15.3. The summed E-state index contributed by atoms with van der Waals surface area (Å²) in [5.74, 6) is 1.05. The Morgan fingerprint density at radius 1 is 0.906 bits per heavy atom. The lowest BCUT2D eigenvalue weighted by Crippen LogP contribution is -2.52. The van der Waals surface area contributed by atoms with Gasteiger partial charge in [0.2, 0.25) is 0 Å². The van der Waals surface area contributed by atoms with Crippen molar-refractivity contribution in [3.8, 4) is 0 Å². The molecule has 1 N–H and O–H groups in total. The number of benzene rings is 1. The van der Waals surface area contributed by atoms with Crippen molar-refractivity contribution in [3.05, 3.63) is 53.9 Å². The van der Waals surface area contributed by atoms with Gasteiger partial charge in [0.05, 0.1) is 12.2 Å². The van der Waals surface area contributed by atoms with Crippen LogP contribution in [0.5, 0.6) is 0 Å². The van der Waals surface area contributed by atoms with Crippen LogP contribution in [0.4, 0.5) is 0 Å². The van der Waals surface area contributed by atoms with Crippen molar-refractivity contribution >= 4 is 5.96 Å². The van der Waals surface area contributed by atoms with Gasteiger partial charge in [-0.3, -0.25) is 19.7 Å². The van der Waals surface area contributed by atoms with Gasteiger partial charge in [-0.05, 0) is 12.5 Å². The molecule has 2 saturated heterocycles. The minimum atomic E-state index is 0.847. The van der Waals surface area contributed by atoms with E-state index in [-0.39, 0.29) is 0 Å². The van der Waals surface area contributed by atoms with Gasteiger partial charge in [-0.2, -0.15) is 0 Å². The minimum absolute atomic E-state index is 0.847. The van der Waals surface area contributed by atoms with E-state index in [9.17, 15) is 0 Å². The Balaban J connectivity index is 1.18. The Hall–Kier alpha value is -2.42. The highest BCUT2D eigenvalue weighted by Crippen LogP contribution is 2.09. The average Bonchev–Trinajstić information content (AvgIpc) is 3.34. The number of rotatable bonds is 8. The Labute approximate surface area is 191 Å². The maximum absolute atomic E-state index is 4.95. The molecule has 2 aliphatic heterocycles. The third-order valence-electron chi connectivity index (χ3n) is 6.28. The quantitative estimate of drug-likeness (QED) is 0.495. The molecule has 2 aliphatic rings. The Morgan fingerprint density at radius 2 is 1.59 bits per heavy atom. The number of aliphatic imine (C=N–C) groups is 1. The largest absolute Gasteiger partial charge is 0.364 e. The Bertz CT molecular complexity index is 795. The molecule has 8 nitrogen and oxygen atoms in total. The van der Waals surface area contributed by atoms with Gasteiger partial charge in [-0.15, -0.1) is 0 Å². The summed E-state index contributed by atoms with van der Waals surface area (Å²) < 4.78 is 4.95. The minimum Gasteiger partial charge on any atom is -0.364 e. The van der Waals surface area contributed by atoms with E-state index in [2.05, 4.69) is 67.3 Å². The summed E-state index contributed by atoms with van der Waals surface area (Å²) in [7, 11) is 0. The lowest BCUT2D eigenvalue weighted by atomic mass is 10.2. The summed E-state index contributed by atoms with van der Waals surface area (Å²) >= 11 is 0. The van der Waals surface area contributed by atoms with Crippen LogP contribution < -0.4 is 5.32 Å². The molecule has 0 amide bonds. The SMILES string of the molecule is CCNC(=NCCN1CCN(Cc2ccccc2)CC1)N1CCN(Cc2ccon2)CC1. The Morgan fingerprint density at radius 3 is 2.28 bits per heavy atom. The number of hydrogen-bond acceptors (Lipinski definition) is 6. The number of guanidine groups is 1. The summed E-state index contributed by atoms with van der Waals surface area (Å²) in [4.78, 5) is 14.9. The molecule has 0 unspecified atom stereocenters. The lowest BCUT2D eigenvalue weighted by molar-refractivity contribution is 0.129. The molecule has 1 aromatic heterocycles. The number of piperazine rings is 2. The van der Waals surface area contributed by atoms with Crippen LogP contribution in [0.3, 0.4) is 0 Å². The molecule has 0 saturated carbocycles. The molecular weight excluding hydrogens is 402 g/mol. The fourth-order valence-electron chi connectivity index (χ4n) is 4.40. The Kier molecular flexibility index (Phi) is 8.53. The predicted molar refractivity (Wildman–Crippen MR) is 127 cm³/mol. The molecule has 0 aliphatic carbocycles. The molecule has 32 heavy (non-hydrogen) atoms. The molecule has 0 bridgehead atoms. The van der Waals surface area contributed by atoms with Crippen LogP contribution >= 0.6 is 0 Å². The van der Waals surface area contributed by atoms with Crippen LogP contribution in [-0.2, 0) is 13.1 Å².